The Labute approximate surface area is 238 Å². The summed E-state index contributed by atoms with van der Waals surface area (Å²) in [6.45, 7) is 2.57. The average molecular weight is 553 g/mol. The van der Waals surface area contributed by atoms with Crippen LogP contribution in [0.3, 0.4) is 0 Å². The van der Waals surface area contributed by atoms with Crippen molar-refractivity contribution in [3.63, 3.8) is 0 Å². The SMILES string of the molecule is CN1C2CCC1([C@@H](Cc1ccc(Cl)cc1)C(=O)N1CCC(Cn3cncn3)(C3CCCCC3)CC1)CC(N)C2. The van der Waals surface area contributed by atoms with E-state index in [4.69, 9.17) is 17.3 Å². The molecular formula is C31H45ClN6O. The minimum absolute atomic E-state index is 0.0995. The van der Waals surface area contributed by atoms with Gasteiger partial charge in [-0.25, -0.2) is 4.98 Å². The molecule has 4 aliphatic rings. The van der Waals surface area contributed by atoms with E-state index in [1.165, 1.54) is 37.7 Å². The zero-order chi connectivity index (χ0) is 27.0. The molecular weight excluding hydrogens is 508 g/mol. The van der Waals surface area contributed by atoms with Crippen molar-refractivity contribution in [2.24, 2.45) is 23.0 Å². The molecule has 1 saturated carbocycles. The second-order valence-electron chi connectivity index (χ2n) is 13.1. The normalized spacial score (nSPS) is 30.4. The maximum Gasteiger partial charge on any atom is 0.227 e. The second kappa shape index (κ2) is 11.1. The van der Waals surface area contributed by atoms with Crippen molar-refractivity contribution in [2.75, 3.05) is 20.1 Å². The highest BCUT2D eigenvalue weighted by molar-refractivity contribution is 6.30. The first-order valence-corrected chi connectivity index (χ1v) is 15.6. The molecule has 3 aliphatic heterocycles. The van der Waals surface area contributed by atoms with Crippen molar-refractivity contribution in [3.8, 4) is 0 Å². The van der Waals surface area contributed by atoms with E-state index >= 15 is 0 Å². The highest BCUT2D eigenvalue weighted by Crippen LogP contribution is 2.50. The molecule has 1 amide bonds. The van der Waals surface area contributed by atoms with Gasteiger partial charge in [-0.3, -0.25) is 14.4 Å². The number of carbonyl (C=O) groups excluding carboxylic acids is 1. The Balaban J connectivity index is 1.25. The maximum absolute atomic E-state index is 14.6. The third-order valence-electron chi connectivity index (χ3n) is 11.1. The van der Waals surface area contributed by atoms with Gasteiger partial charge in [0.25, 0.3) is 0 Å². The van der Waals surface area contributed by atoms with Crippen molar-refractivity contribution >= 4 is 17.5 Å². The molecule has 0 spiro atoms. The molecule has 212 valence electrons. The number of likely N-dealkylation sites (tertiary alicyclic amines) is 1. The van der Waals surface area contributed by atoms with E-state index in [1.807, 2.05) is 23.1 Å². The Morgan fingerprint density at radius 3 is 2.54 bits per heavy atom. The largest absolute Gasteiger partial charge is 0.342 e. The first kappa shape index (κ1) is 27.2. The van der Waals surface area contributed by atoms with Crippen LogP contribution in [0.15, 0.2) is 36.9 Å². The molecule has 4 atom stereocenters. The molecule has 7 nitrogen and oxygen atoms in total. The first-order valence-electron chi connectivity index (χ1n) is 15.2. The number of nitrogens with two attached hydrogens (primary N) is 1. The van der Waals surface area contributed by atoms with Crippen LogP contribution in [0.25, 0.3) is 0 Å². The Morgan fingerprint density at radius 2 is 1.85 bits per heavy atom. The van der Waals surface area contributed by atoms with Crippen molar-refractivity contribution in [1.82, 2.24) is 24.6 Å². The van der Waals surface area contributed by atoms with Gasteiger partial charge in [-0.2, -0.15) is 5.10 Å². The molecule has 3 saturated heterocycles. The van der Waals surface area contributed by atoms with Gasteiger partial charge in [-0.05, 0) is 93.9 Å². The number of fused-ring (bicyclic) bond motifs is 2. The van der Waals surface area contributed by atoms with E-state index in [9.17, 15) is 4.79 Å². The molecule has 8 heteroatoms. The summed E-state index contributed by atoms with van der Waals surface area (Å²) < 4.78 is 2.03. The molecule has 6 rings (SSSR count). The van der Waals surface area contributed by atoms with E-state index in [0.717, 1.165) is 69.6 Å². The predicted octanol–water partition coefficient (Wildman–Crippen LogP) is 4.93. The number of carbonyl (C=O) groups is 1. The molecule has 1 aromatic heterocycles. The van der Waals surface area contributed by atoms with Crippen LogP contribution in [-0.4, -0.2) is 68.2 Å². The summed E-state index contributed by atoms with van der Waals surface area (Å²) in [5.74, 6) is 0.927. The Kier molecular flexibility index (Phi) is 7.77. The van der Waals surface area contributed by atoms with Crippen molar-refractivity contribution in [3.05, 3.63) is 47.5 Å². The summed E-state index contributed by atoms with van der Waals surface area (Å²) >= 11 is 6.22. The summed E-state index contributed by atoms with van der Waals surface area (Å²) in [5.41, 5.74) is 7.84. The van der Waals surface area contributed by atoms with Crippen LogP contribution in [0.4, 0.5) is 0 Å². The number of halogens is 1. The van der Waals surface area contributed by atoms with E-state index < -0.39 is 0 Å². The molecule has 1 aliphatic carbocycles. The zero-order valence-corrected chi connectivity index (χ0v) is 24.2. The molecule has 1 aromatic carbocycles. The molecule has 4 fully saturated rings. The lowest BCUT2D eigenvalue weighted by Crippen LogP contribution is -2.62. The smallest absolute Gasteiger partial charge is 0.227 e. The first-order chi connectivity index (χ1) is 18.9. The van der Waals surface area contributed by atoms with Crippen LogP contribution in [0.2, 0.25) is 5.02 Å². The summed E-state index contributed by atoms with van der Waals surface area (Å²) in [6.07, 6.45) is 17.1. The molecule has 2 aromatic rings. The fourth-order valence-electron chi connectivity index (χ4n) is 8.92. The van der Waals surface area contributed by atoms with Crippen LogP contribution in [0.5, 0.6) is 0 Å². The predicted molar refractivity (Wildman–Crippen MR) is 154 cm³/mol. The van der Waals surface area contributed by atoms with E-state index in [1.54, 1.807) is 6.33 Å². The quantitative estimate of drug-likeness (QED) is 0.526. The number of amides is 1. The lowest BCUT2D eigenvalue weighted by atomic mass is 9.63. The Bertz CT molecular complexity index is 1110. The van der Waals surface area contributed by atoms with E-state index in [0.29, 0.717) is 17.9 Å². The highest BCUT2D eigenvalue weighted by Gasteiger charge is 2.56. The number of aromatic nitrogens is 3. The van der Waals surface area contributed by atoms with Gasteiger partial charge in [-0.1, -0.05) is 43.0 Å². The number of hydrogen-bond donors (Lipinski definition) is 1. The van der Waals surface area contributed by atoms with Gasteiger partial charge in [0.1, 0.15) is 12.7 Å². The monoisotopic (exact) mass is 552 g/mol. The zero-order valence-electron chi connectivity index (χ0n) is 23.5. The van der Waals surface area contributed by atoms with Crippen molar-refractivity contribution in [1.29, 1.82) is 0 Å². The van der Waals surface area contributed by atoms with Crippen LogP contribution in [0.1, 0.15) is 76.2 Å². The lowest BCUT2D eigenvalue weighted by Gasteiger charge is -2.52. The van der Waals surface area contributed by atoms with Crippen LogP contribution in [0, 0.1) is 17.3 Å². The fraction of sp³-hybridized carbons (Fsp3) is 0.710. The van der Waals surface area contributed by atoms with Crippen molar-refractivity contribution < 1.29 is 4.79 Å². The summed E-state index contributed by atoms with van der Waals surface area (Å²) in [5, 5.41) is 5.22. The minimum Gasteiger partial charge on any atom is -0.342 e. The average Bonchev–Trinajstić information content (AvgIpc) is 3.52. The highest BCUT2D eigenvalue weighted by atomic mass is 35.5. The topological polar surface area (TPSA) is 80.3 Å². The van der Waals surface area contributed by atoms with E-state index in [-0.39, 0.29) is 22.9 Å². The number of piperidine rings is 2. The minimum atomic E-state index is -0.169. The van der Waals surface area contributed by atoms with Crippen LogP contribution < -0.4 is 5.73 Å². The molecule has 3 unspecified atom stereocenters. The Morgan fingerprint density at radius 1 is 1.10 bits per heavy atom. The van der Waals surface area contributed by atoms with Gasteiger partial charge in [0.15, 0.2) is 0 Å². The summed E-state index contributed by atoms with van der Waals surface area (Å²) in [7, 11) is 2.24. The van der Waals surface area contributed by atoms with Gasteiger partial charge in [0.2, 0.25) is 5.91 Å². The van der Waals surface area contributed by atoms with Gasteiger partial charge in [-0.15, -0.1) is 0 Å². The third-order valence-corrected chi connectivity index (χ3v) is 11.4. The van der Waals surface area contributed by atoms with Crippen molar-refractivity contribution in [2.45, 2.75) is 101 Å². The lowest BCUT2D eigenvalue weighted by molar-refractivity contribution is -0.145. The molecule has 39 heavy (non-hydrogen) atoms. The third kappa shape index (κ3) is 5.27. The molecule has 0 radical (unpaired) electrons. The summed E-state index contributed by atoms with van der Waals surface area (Å²) in [6, 6.07) is 8.74. The van der Waals surface area contributed by atoms with Crippen LogP contribution >= 0.6 is 11.6 Å². The molecule has 2 N–H and O–H groups in total. The summed E-state index contributed by atoms with van der Waals surface area (Å²) in [4.78, 5) is 23.6. The number of rotatable bonds is 7. The molecule has 4 heterocycles. The molecule has 2 bridgehead atoms. The van der Waals surface area contributed by atoms with Gasteiger partial charge >= 0.3 is 0 Å². The number of benzene rings is 1. The maximum atomic E-state index is 14.6. The number of hydrogen-bond acceptors (Lipinski definition) is 5. The standard InChI is InChI=1S/C31H45ClN6O/c1-36-27-11-12-31(36,19-26(33)18-27)28(17-23-7-9-25(32)10-8-23)29(39)37-15-13-30(14-16-37,20-38-22-34-21-35-38)24-5-3-2-4-6-24/h7-10,21-22,24,26-28H,2-6,11-20,33H2,1H3/t26?,27?,28-,31?/m0/s1. The van der Waals surface area contributed by atoms with Gasteiger partial charge in [0.05, 0.1) is 5.92 Å². The Hall–Kier alpha value is -1.96. The van der Waals surface area contributed by atoms with Gasteiger partial charge < -0.3 is 10.6 Å². The second-order valence-corrected chi connectivity index (χ2v) is 13.5. The van der Waals surface area contributed by atoms with Gasteiger partial charge in [0, 0.05) is 42.3 Å². The number of nitrogens with zero attached hydrogens (tertiary/aromatic N) is 5. The van der Waals surface area contributed by atoms with Crippen LogP contribution in [-0.2, 0) is 17.8 Å². The van der Waals surface area contributed by atoms with E-state index in [2.05, 4.69) is 39.1 Å². The fourth-order valence-corrected chi connectivity index (χ4v) is 9.05.